The van der Waals surface area contributed by atoms with Crippen LogP contribution in [0.3, 0.4) is 0 Å². The van der Waals surface area contributed by atoms with Crippen molar-refractivity contribution in [1.29, 1.82) is 0 Å². The van der Waals surface area contributed by atoms with Crippen LogP contribution in [-0.2, 0) is 0 Å². The van der Waals surface area contributed by atoms with Crippen molar-refractivity contribution >= 4 is 0 Å². The Balaban J connectivity index is 6.19. The van der Waals surface area contributed by atoms with E-state index in [1.54, 1.807) is 0 Å². The SMILES string of the molecule is O[CH]C=CC(F)(F)C(F)(F)C(F)(F)C(F)(F)C(F)(F)C(F)(F)F. The minimum Gasteiger partial charge on any atom is -0.386 e. The molecule has 0 spiro atoms. The topological polar surface area (TPSA) is 20.2 Å². The van der Waals surface area contributed by atoms with Crippen molar-refractivity contribution in [3.05, 3.63) is 18.8 Å². The highest BCUT2D eigenvalue weighted by atomic mass is 19.4. The van der Waals surface area contributed by atoms with Crippen LogP contribution in [0.4, 0.5) is 57.1 Å². The molecule has 0 saturated heterocycles. The molecule has 14 heteroatoms. The molecule has 0 aliphatic heterocycles. The molecule has 0 saturated carbocycles. The van der Waals surface area contributed by atoms with E-state index in [0.29, 0.717) is 0 Å². The summed E-state index contributed by atoms with van der Waals surface area (Å²) >= 11 is 0. The predicted octanol–water partition coefficient (Wildman–Crippen LogP) is 4.82. The molecule has 0 bridgehead atoms. The van der Waals surface area contributed by atoms with Crippen LogP contribution in [0.1, 0.15) is 0 Å². The second-order valence-corrected chi connectivity index (χ2v) is 3.93. The molecule has 0 aromatic rings. The Morgan fingerprint density at radius 3 is 1.17 bits per heavy atom. The first-order chi connectivity index (χ1) is 9.81. The molecular formula is C9H4F13O. The van der Waals surface area contributed by atoms with E-state index in [9.17, 15) is 57.1 Å². The molecule has 0 atom stereocenters. The molecule has 0 heterocycles. The number of aliphatic hydroxyl groups excluding tert-OH is 1. The van der Waals surface area contributed by atoms with Crippen LogP contribution >= 0.6 is 0 Å². The zero-order valence-electron chi connectivity index (χ0n) is 10.1. The summed E-state index contributed by atoms with van der Waals surface area (Å²) in [6, 6.07) is 0. The first-order valence-electron chi connectivity index (χ1n) is 4.92. The Hall–Kier alpha value is -1.21. The van der Waals surface area contributed by atoms with Gasteiger partial charge in [0, 0.05) is 0 Å². The summed E-state index contributed by atoms with van der Waals surface area (Å²) in [7, 11) is 0. The summed E-state index contributed by atoms with van der Waals surface area (Å²) in [5.74, 6) is -37.1. The van der Waals surface area contributed by atoms with Gasteiger partial charge in [-0.3, -0.25) is 0 Å². The van der Waals surface area contributed by atoms with Crippen molar-refractivity contribution < 1.29 is 62.2 Å². The monoisotopic (exact) mass is 375 g/mol. The Labute approximate surface area is 118 Å². The van der Waals surface area contributed by atoms with E-state index in [4.69, 9.17) is 5.11 Å². The summed E-state index contributed by atoms with van der Waals surface area (Å²) in [6.07, 6.45) is -9.17. The summed E-state index contributed by atoms with van der Waals surface area (Å²) in [4.78, 5) is 0. The van der Waals surface area contributed by atoms with Crippen LogP contribution in [0, 0.1) is 6.61 Å². The number of aliphatic hydroxyl groups is 1. The number of hydrogen-bond donors (Lipinski definition) is 1. The number of alkyl halides is 13. The molecule has 1 nitrogen and oxygen atoms in total. The molecule has 0 rings (SSSR count). The second kappa shape index (κ2) is 5.70. The third-order valence-corrected chi connectivity index (χ3v) is 2.35. The molecule has 23 heavy (non-hydrogen) atoms. The molecule has 137 valence electrons. The van der Waals surface area contributed by atoms with Crippen LogP contribution in [-0.4, -0.2) is 40.9 Å². The van der Waals surface area contributed by atoms with Crippen LogP contribution in [0.15, 0.2) is 12.2 Å². The molecule has 1 radical (unpaired) electrons. The van der Waals surface area contributed by atoms with Gasteiger partial charge >= 0.3 is 35.8 Å². The quantitative estimate of drug-likeness (QED) is 0.661. The summed E-state index contributed by atoms with van der Waals surface area (Å²) in [6.45, 7) is -0.440. The summed E-state index contributed by atoms with van der Waals surface area (Å²) in [5.41, 5.74) is 0. The highest BCUT2D eigenvalue weighted by Crippen LogP contribution is 2.60. The van der Waals surface area contributed by atoms with Gasteiger partial charge in [-0.25, -0.2) is 0 Å². The largest absolute Gasteiger partial charge is 0.460 e. The van der Waals surface area contributed by atoms with Gasteiger partial charge in [-0.05, 0) is 6.08 Å². The molecule has 0 aliphatic carbocycles. The van der Waals surface area contributed by atoms with E-state index in [1.807, 2.05) is 0 Å². The average Bonchev–Trinajstić information content (AvgIpc) is 2.34. The van der Waals surface area contributed by atoms with Crippen molar-refractivity contribution in [3.8, 4) is 0 Å². The average molecular weight is 375 g/mol. The molecule has 0 fully saturated rings. The number of allylic oxidation sites excluding steroid dienone is 1. The van der Waals surface area contributed by atoms with Crippen molar-refractivity contribution in [1.82, 2.24) is 0 Å². The number of halogens is 13. The zero-order valence-corrected chi connectivity index (χ0v) is 10.1. The zero-order chi connectivity index (χ0) is 19.1. The first kappa shape index (κ1) is 21.8. The second-order valence-electron chi connectivity index (χ2n) is 3.93. The Morgan fingerprint density at radius 2 is 0.870 bits per heavy atom. The van der Waals surface area contributed by atoms with E-state index < -0.39 is 54.5 Å². The van der Waals surface area contributed by atoms with Crippen molar-refractivity contribution in [2.75, 3.05) is 0 Å². The standard InChI is InChI=1S/C9H4F13O/c10-4(11,2-1-3-23)5(12,13)6(14,15)7(16,17)8(18,19)9(20,21)22/h1-3,23H. The van der Waals surface area contributed by atoms with E-state index in [1.165, 1.54) is 0 Å². The van der Waals surface area contributed by atoms with Gasteiger partial charge < -0.3 is 5.11 Å². The van der Waals surface area contributed by atoms with Gasteiger partial charge in [0.15, 0.2) is 0 Å². The normalized spacial score (nSPS) is 16.3. The fraction of sp³-hybridized carbons (Fsp3) is 0.667. The molecular weight excluding hydrogens is 371 g/mol. The highest BCUT2D eigenvalue weighted by molar-refractivity contribution is 5.15. The van der Waals surface area contributed by atoms with Crippen LogP contribution in [0.25, 0.3) is 0 Å². The van der Waals surface area contributed by atoms with Crippen LogP contribution < -0.4 is 0 Å². The smallest absolute Gasteiger partial charge is 0.386 e. The van der Waals surface area contributed by atoms with Crippen molar-refractivity contribution in [3.63, 3.8) is 0 Å². The fourth-order valence-corrected chi connectivity index (χ4v) is 1.05. The third kappa shape index (κ3) is 3.08. The van der Waals surface area contributed by atoms with Gasteiger partial charge in [0.25, 0.3) is 0 Å². The van der Waals surface area contributed by atoms with E-state index in [2.05, 4.69) is 0 Å². The first-order valence-corrected chi connectivity index (χ1v) is 4.92. The lowest BCUT2D eigenvalue weighted by molar-refractivity contribution is -0.436. The predicted molar refractivity (Wildman–Crippen MR) is 46.2 cm³/mol. The van der Waals surface area contributed by atoms with Gasteiger partial charge in [-0.1, -0.05) is 6.08 Å². The molecule has 0 aromatic carbocycles. The van der Waals surface area contributed by atoms with E-state index in [0.717, 1.165) is 0 Å². The molecule has 0 unspecified atom stereocenters. The molecule has 0 aromatic heterocycles. The van der Waals surface area contributed by atoms with Crippen molar-refractivity contribution in [2.24, 2.45) is 0 Å². The lowest BCUT2D eigenvalue weighted by Crippen LogP contribution is -2.69. The minimum absolute atomic E-state index is 0.440. The minimum atomic E-state index is -7.91. The number of rotatable bonds is 6. The van der Waals surface area contributed by atoms with E-state index >= 15 is 0 Å². The number of hydrogen-bond acceptors (Lipinski definition) is 1. The Bertz CT molecular complexity index is 447. The molecule has 0 amide bonds. The Morgan fingerprint density at radius 1 is 0.522 bits per heavy atom. The van der Waals surface area contributed by atoms with Crippen LogP contribution in [0.5, 0.6) is 0 Å². The van der Waals surface area contributed by atoms with E-state index in [-0.39, 0.29) is 0 Å². The maximum absolute atomic E-state index is 12.9. The van der Waals surface area contributed by atoms with Crippen LogP contribution in [0.2, 0.25) is 0 Å². The molecule has 1 N–H and O–H groups in total. The van der Waals surface area contributed by atoms with Gasteiger partial charge in [0.2, 0.25) is 0 Å². The fourth-order valence-electron chi connectivity index (χ4n) is 1.05. The van der Waals surface area contributed by atoms with Gasteiger partial charge in [0.1, 0.15) is 6.61 Å². The third-order valence-electron chi connectivity index (χ3n) is 2.35. The summed E-state index contributed by atoms with van der Waals surface area (Å²) < 4.78 is 162. The van der Waals surface area contributed by atoms with Gasteiger partial charge in [-0.2, -0.15) is 57.1 Å². The maximum atomic E-state index is 12.9. The van der Waals surface area contributed by atoms with Crippen molar-refractivity contribution in [2.45, 2.75) is 35.8 Å². The van der Waals surface area contributed by atoms with Gasteiger partial charge in [-0.15, -0.1) is 0 Å². The van der Waals surface area contributed by atoms with Gasteiger partial charge in [0.05, 0.1) is 0 Å². The Kier molecular flexibility index (Phi) is 5.40. The highest BCUT2D eigenvalue weighted by Gasteiger charge is 2.90. The molecule has 0 aliphatic rings. The lowest BCUT2D eigenvalue weighted by Gasteiger charge is -2.39. The maximum Gasteiger partial charge on any atom is 0.460 e. The lowest BCUT2D eigenvalue weighted by atomic mass is 9.94. The summed E-state index contributed by atoms with van der Waals surface area (Å²) in [5, 5.41) is 7.90.